The van der Waals surface area contributed by atoms with Gasteiger partial charge in [-0.1, -0.05) is 0 Å². The van der Waals surface area contributed by atoms with Crippen LogP contribution in [0.1, 0.15) is 30.7 Å². The fourth-order valence-corrected chi connectivity index (χ4v) is 3.11. The van der Waals surface area contributed by atoms with Crippen molar-refractivity contribution < 1.29 is 4.74 Å². The predicted molar refractivity (Wildman–Crippen MR) is 83.4 cm³/mol. The zero-order valence-corrected chi connectivity index (χ0v) is 12.8. The molecule has 22 heavy (non-hydrogen) atoms. The first kappa shape index (κ1) is 13.8. The first-order chi connectivity index (χ1) is 10.9. The Morgan fingerprint density at radius 3 is 3.05 bits per heavy atom. The van der Waals surface area contributed by atoms with Crippen LogP contribution in [0.2, 0.25) is 0 Å². The van der Waals surface area contributed by atoms with E-state index in [-0.39, 0.29) is 0 Å². The summed E-state index contributed by atoms with van der Waals surface area (Å²) in [6, 6.07) is 3.82. The van der Waals surface area contributed by atoms with Gasteiger partial charge in [0.1, 0.15) is 18.1 Å². The van der Waals surface area contributed by atoms with Gasteiger partial charge in [0.05, 0.1) is 18.2 Å². The fraction of sp³-hybridized carbons (Fsp3) is 0.529. The Labute approximate surface area is 130 Å². The van der Waals surface area contributed by atoms with E-state index in [0.717, 1.165) is 30.5 Å². The molecule has 1 aliphatic carbocycles. The maximum absolute atomic E-state index is 5.83. The summed E-state index contributed by atoms with van der Waals surface area (Å²) in [6.45, 7) is 5.03. The van der Waals surface area contributed by atoms with Crippen molar-refractivity contribution in [3.63, 3.8) is 0 Å². The standard InChI is InChI=1S/C17H22N4O/c1-3-15(9-18-6-1)22-12-16-17-11-20(10-14-4-5-14)7-2-8-21(17)13-19-16/h1,3,6,9,13-14H,2,4-5,7-8,10-12H2. The molecule has 0 radical (unpaired) electrons. The number of nitrogens with zero attached hydrogens (tertiary/aromatic N) is 4. The van der Waals surface area contributed by atoms with Crippen molar-refractivity contribution in [3.05, 3.63) is 42.2 Å². The third-order valence-electron chi connectivity index (χ3n) is 4.50. The Balaban J connectivity index is 1.46. The van der Waals surface area contributed by atoms with Gasteiger partial charge >= 0.3 is 0 Å². The van der Waals surface area contributed by atoms with Gasteiger partial charge in [-0.15, -0.1) is 0 Å². The summed E-state index contributed by atoms with van der Waals surface area (Å²) >= 11 is 0. The molecule has 1 saturated carbocycles. The highest BCUT2D eigenvalue weighted by atomic mass is 16.5. The average molecular weight is 298 g/mol. The molecule has 1 fully saturated rings. The van der Waals surface area contributed by atoms with E-state index in [4.69, 9.17) is 4.74 Å². The highest BCUT2D eigenvalue weighted by Gasteiger charge is 2.26. The number of ether oxygens (including phenoxy) is 1. The molecule has 2 aromatic heterocycles. The van der Waals surface area contributed by atoms with Crippen molar-refractivity contribution in [2.75, 3.05) is 13.1 Å². The molecule has 0 saturated heterocycles. The van der Waals surface area contributed by atoms with Crippen LogP contribution in [0.5, 0.6) is 5.75 Å². The van der Waals surface area contributed by atoms with E-state index >= 15 is 0 Å². The van der Waals surface area contributed by atoms with Crippen LogP contribution in [0.25, 0.3) is 0 Å². The van der Waals surface area contributed by atoms with Gasteiger partial charge in [0, 0.05) is 32.4 Å². The summed E-state index contributed by atoms with van der Waals surface area (Å²) in [4.78, 5) is 11.2. The zero-order chi connectivity index (χ0) is 14.8. The first-order valence-corrected chi connectivity index (χ1v) is 8.16. The molecule has 0 amide bonds. The maximum Gasteiger partial charge on any atom is 0.138 e. The smallest absolute Gasteiger partial charge is 0.138 e. The molecule has 5 nitrogen and oxygen atoms in total. The van der Waals surface area contributed by atoms with Crippen LogP contribution in [0.3, 0.4) is 0 Å². The highest BCUT2D eigenvalue weighted by molar-refractivity contribution is 5.18. The van der Waals surface area contributed by atoms with Gasteiger partial charge in [-0.2, -0.15) is 0 Å². The average Bonchev–Trinajstić information content (AvgIpc) is 3.32. The third kappa shape index (κ3) is 3.14. The second-order valence-corrected chi connectivity index (χ2v) is 6.34. The van der Waals surface area contributed by atoms with Crippen molar-refractivity contribution >= 4 is 0 Å². The minimum atomic E-state index is 0.519. The minimum absolute atomic E-state index is 0.519. The molecule has 4 rings (SSSR count). The van der Waals surface area contributed by atoms with Crippen LogP contribution in [0.4, 0.5) is 0 Å². The Morgan fingerprint density at radius 1 is 1.27 bits per heavy atom. The van der Waals surface area contributed by atoms with E-state index in [1.807, 2.05) is 18.5 Å². The summed E-state index contributed by atoms with van der Waals surface area (Å²) in [5, 5.41) is 0. The zero-order valence-electron chi connectivity index (χ0n) is 12.8. The maximum atomic E-state index is 5.83. The van der Waals surface area contributed by atoms with Gasteiger partial charge < -0.3 is 9.30 Å². The number of pyridine rings is 1. The number of hydrogen-bond acceptors (Lipinski definition) is 4. The summed E-state index contributed by atoms with van der Waals surface area (Å²) < 4.78 is 8.13. The van der Waals surface area contributed by atoms with E-state index in [9.17, 15) is 0 Å². The molecule has 116 valence electrons. The number of imidazole rings is 1. The van der Waals surface area contributed by atoms with E-state index in [0.29, 0.717) is 6.61 Å². The lowest BCUT2D eigenvalue weighted by Gasteiger charge is -2.19. The Bertz CT molecular complexity index is 621. The normalized spacial score (nSPS) is 18.7. The largest absolute Gasteiger partial charge is 0.486 e. The molecule has 1 aliphatic heterocycles. The lowest BCUT2D eigenvalue weighted by atomic mass is 10.3. The molecular weight excluding hydrogens is 276 g/mol. The SMILES string of the molecule is c1cncc(OCc2ncn3c2CN(CC2CC2)CCC3)c1. The Morgan fingerprint density at radius 2 is 2.23 bits per heavy atom. The quantitative estimate of drug-likeness (QED) is 0.850. The van der Waals surface area contributed by atoms with Gasteiger partial charge in [-0.3, -0.25) is 9.88 Å². The Hall–Kier alpha value is -1.88. The van der Waals surface area contributed by atoms with Gasteiger partial charge in [-0.05, 0) is 37.3 Å². The number of fused-ring (bicyclic) bond motifs is 1. The van der Waals surface area contributed by atoms with E-state index in [2.05, 4.69) is 19.4 Å². The molecule has 2 aliphatic rings. The lowest BCUT2D eigenvalue weighted by molar-refractivity contribution is 0.253. The molecular formula is C17H22N4O. The monoisotopic (exact) mass is 298 g/mol. The highest BCUT2D eigenvalue weighted by Crippen LogP contribution is 2.31. The van der Waals surface area contributed by atoms with Crippen molar-refractivity contribution in [1.82, 2.24) is 19.4 Å². The van der Waals surface area contributed by atoms with E-state index < -0.39 is 0 Å². The van der Waals surface area contributed by atoms with Gasteiger partial charge in [0.2, 0.25) is 0 Å². The predicted octanol–water partition coefficient (Wildman–Crippen LogP) is 2.47. The third-order valence-corrected chi connectivity index (χ3v) is 4.50. The molecule has 5 heteroatoms. The topological polar surface area (TPSA) is 43.2 Å². The fourth-order valence-electron chi connectivity index (χ4n) is 3.11. The number of aromatic nitrogens is 3. The van der Waals surface area contributed by atoms with Gasteiger partial charge in [0.15, 0.2) is 0 Å². The van der Waals surface area contributed by atoms with Crippen LogP contribution < -0.4 is 4.74 Å². The van der Waals surface area contributed by atoms with Crippen molar-refractivity contribution in [1.29, 1.82) is 0 Å². The lowest BCUT2D eigenvalue weighted by Crippen LogP contribution is -2.26. The molecule has 3 heterocycles. The molecule has 0 bridgehead atoms. The second-order valence-electron chi connectivity index (χ2n) is 6.34. The van der Waals surface area contributed by atoms with Crippen LogP contribution in [-0.4, -0.2) is 32.5 Å². The summed E-state index contributed by atoms with van der Waals surface area (Å²) in [5.41, 5.74) is 2.38. The van der Waals surface area contributed by atoms with Crippen LogP contribution >= 0.6 is 0 Å². The molecule has 2 aromatic rings. The second kappa shape index (κ2) is 6.08. The number of hydrogen-bond donors (Lipinski definition) is 0. The van der Waals surface area contributed by atoms with Crippen LogP contribution in [-0.2, 0) is 19.7 Å². The van der Waals surface area contributed by atoms with E-state index in [1.165, 1.54) is 38.0 Å². The first-order valence-electron chi connectivity index (χ1n) is 8.16. The molecule has 0 atom stereocenters. The molecule has 0 aromatic carbocycles. The van der Waals surface area contributed by atoms with Crippen LogP contribution in [0, 0.1) is 5.92 Å². The summed E-state index contributed by atoms with van der Waals surface area (Å²) in [7, 11) is 0. The number of rotatable bonds is 5. The van der Waals surface area contributed by atoms with E-state index in [1.54, 1.807) is 12.4 Å². The minimum Gasteiger partial charge on any atom is -0.486 e. The van der Waals surface area contributed by atoms with Gasteiger partial charge in [-0.25, -0.2) is 4.98 Å². The summed E-state index contributed by atoms with van der Waals surface area (Å²) in [6.07, 6.45) is 9.50. The summed E-state index contributed by atoms with van der Waals surface area (Å²) in [5.74, 6) is 1.73. The van der Waals surface area contributed by atoms with Crippen LogP contribution in [0.15, 0.2) is 30.9 Å². The molecule has 0 unspecified atom stereocenters. The molecule has 0 spiro atoms. The number of aryl methyl sites for hydroxylation is 1. The van der Waals surface area contributed by atoms with Gasteiger partial charge in [0.25, 0.3) is 0 Å². The Kier molecular flexibility index (Phi) is 3.81. The van der Waals surface area contributed by atoms with Crippen molar-refractivity contribution in [2.45, 2.75) is 39.0 Å². The van der Waals surface area contributed by atoms with Crippen molar-refractivity contribution in [3.8, 4) is 5.75 Å². The van der Waals surface area contributed by atoms with Crippen molar-refractivity contribution in [2.24, 2.45) is 5.92 Å². The molecule has 0 N–H and O–H groups in total.